The van der Waals surface area contributed by atoms with Crippen molar-refractivity contribution >= 4 is 49.0 Å². The quantitative estimate of drug-likeness (QED) is 0.691. The van der Waals surface area contributed by atoms with Crippen LogP contribution in [0.1, 0.15) is 20.8 Å². The summed E-state index contributed by atoms with van der Waals surface area (Å²) in [4.78, 5) is 13.2. The van der Waals surface area contributed by atoms with Crippen molar-refractivity contribution in [3.8, 4) is 0 Å². The van der Waals surface area contributed by atoms with E-state index >= 15 is 0 Å². The van der Waals surface area contributed by atoms with Crippen LogP contribution < -0.4 is 0 Å². The number of benzene rings is 1. The molecule has 1 heterocycles. The number of hydrogen-bond acceptors (Lipinski definition) is 2. The van der Waals surface area contributed by atoms with Crippen LogP contribution in [0.4, 0.5) is 0 Å². The van der Waals surface area contributed by atoms with E-state index in [0.29, 0.717) is 6.42 Å². The molecule has 1 aromatic heterocycles. The first-order valence-corrected chi connectivity index (χ1v) is 7.55. The summed E-state index contributed by atoms with van der Waals surface area (Å²) in [5, 5.41) is 2.00. The first-order chi connectivity index (χ1) is 8.06. The Morgan fingerprint density at radius 2 is 2.00 bits per heavy atom. The van der Waals surface area contributed by atoms with Crippen molar-refractivity contribution in [1.29, 1.82) is 0 Å². The highest BCUT2D eigenvalue weighted by molar-refractivity contribution is 9.10. The van der Waals surface area contributed by atoms with Gasteiger partial charge in [0.1, 0.15) is 0 Å². The molecule has 17 heavy (non-hydrogen) atoms. The van der Waals surface area contributed by atoms with Gasteiger partial charge >= 0.3 is 0 Å². The van der Waals surface area contributed by atoms with Gasteiger partial charge in [0.05, 0.1) is 0 Å². The molecule has 0 aliphatic heterocycles. The number of ketones is 1. The number of carbonyl (C=O) groups excluding carboxylic acids is 1. The van der Waals surface area contributed by atoms with E-state index in [-0.39, 0.29) is 5.78 Å². The van der Waals surface area contributed by atoms with Crippen molar-refractivity contribution in [1.82, 2.24) is 0 Å². The van der Waals surface area contributed by atoms with Gasteiger partial charge in [-0.3, -0.25) is 4.79 Å². The minimum Gasteiger partial charge on any atom is -0.294 e. The number of Topliss-reactive ketones (excluding diaryl/α,β-unsaturated/α-hetero) is 1. The number of thiophene rings is 1. The van der Waals surface area contributed by atoms with Crippen molar-refractivity contribution in [2.45, 2.75) is 13.3 Å². The summed E-state index contributed by atoms with van der Waals surface area (Å²) in [6.45, 7) is 1.96. The average molecular weight is 374 g/mol. The molecule has 0 atom stereocenters. The number of carbonyl (C=O) groups is 1. The molecule has 2 rings (SSSR count). The molecule has 0 saturated heterocycles. The Morgan fingerprint density at radius 3 is 2.59 bits per heavy atom. The molecule has 88 valence electrons. The Hall–Kier alpha value is -0.450. The first kappa shape index (κ1) is 13.0. The lowest BCUT2D eigenvalue weighted by atomic mass is 10.0. The van der Waals surface area contributed by atoms with Crippen LogP contribution in [0.3, 0.4) is 0 Å². The van der Waals surface area contributed by atoms with E-state index in [1.54, 1.807) is 11.3 Å². The molecule has 0 bridgehead atoms. The fraction of sp³-hybridized carbons (Fsp3) is 0.154. The normalized spacial score (nSPS) is 10.5. The van der Waals surface area contributed by atoms with Gasteiger partial charge in [-0.05, 0) is 46.6 Å². The molecule has 0 aliphatic carbocycles. The van der Waals surface area contributed by atoms with Crippen LogP contribution in [0, 0.1) is 6.92 Å². The number of halogens is 2. The van der Waals surface area contributed by atoms with Crippen LogP contribution in [-0.2, 0) is 6.42 Å². The molecular formula is C13H10Br2OS. The summed E-state index contributed by atoms with van der Waals surface area (Å²) in [5.41, 5.74) is 1.82. The lowest BCUT2D eigenvalue weighted by Gasteiger charge is -2.04. The van der Waals surface area contributed by atoms with E-state index in [1.165, 1.54) is 0 Å². The predicted molar refractivity (Wildman–Crippen MR) is 78.9 cm³/mol. The zero-order chi connectivity index (χ0) is 12.4. The fourth-order valence-corrected chi connectivity index (χ4v) is 3.57. The van der Waals surface area contributed by atoms with E-state index in [9.17, 15) is 4.79 Å². The summed E-state index contributed by atoms with van der Waals surface area (Å²) in [7, 11) is 0. The largest absolute Gasteiger partial charge is 0.294 e. The molecule has 1 nitrogen and oxygen atoms in total. The van der Waals surface area contributed by atoms with Gasteiger partial charge < -0.3 is 0 Å². The van der Waals surface area contributed by atoms with Crippen molar-refractivity contribution < 1.29 is 4.79 Å². The first-order valence-electron chi connectivity index (χ1n) is 5.08. The molecule has 2 aromatic rings. The van der Waals surface area contributed by atoms with Crippen molar-refractivity contribution in [2.24, 2.45) is 0 Å². The minimum absolute atomic E-state index is 0.171. The van der Waals surface area contributed by atoms with Crippen LogP contribution in [-0.4, -0.2) is 5.78 Å². The van der Waals surface area contributed by atoms with E-state index in [4.69, 9.17) is 0 Å². The van der Waals surface area contributed by atoms with E-state index in [0.717, 1.165) is 24.9 Å². The molecule has 4 heteroatoms. The van der Waals surface area contributed by atoms with Crippen molar-refractivity contribution in [3.05, 3.63) is 54.6 Å². The highest BCUT2D eigenvalue weighted by Crippen LogP contribution is 2.23. The monoisotopic (exact) mass is 372 g/mol. The summed E-state index contributed by atoms with van der Waals surface area (Å²) in [6.07, 6.45) is 0.471. The smallest absolute Gasteiger partial charge is 0.168 e. The summed E-state index contributed by atoms with van der Waals surface area (Å²) in [6, 6.07) is 7.75. The maximum absolute atomic E-state index is 12.1. The second-order valence-electron chi connectivity index (χ2n) is 3.79. The molecule has 0 saturated carbocycles. The van der Waals surface area contributed by atoms with Crippen molar-refractivity contribution in [2.75, 3.05) is 0 Å². The zero-order valence-corrected chi connectivity index (χ0v) is 13.2. The van der Waals surface area contributed by atoms with Gasteiger partial charge in [0.2, 0.25) is 0 Å². The molecule has 0 spiro atoms. The lowest BCUT2D eigenvalue weighted by molar-refractivity contribution is 0.0993. The second-order valence-corrected chi connectivity index (χ2v) is 6.62. The topological polar surface area (TPSA) is 17.1 Å². The maximum Gasteiger partial charge on any atom is 0.168 e. The molecule has 0 N–H and O–H groups in total. The maximum atomic E-state index is 12.1. The Morgan fingerprint density at radius 1 is 1.24 bits per heavy atom. The zero-order valence-electron chi connectivity index (χ0n) is 9.17. The van der Waals surface area contributed by atoms with Crippen LogP contribution in [0.25, 0.3) is 0 Å². The second kappa shape index (κ2) is 5.46. The van der Waals surface area contributed by atoms with Crippen LogP contribution in [0.15, 0.2) is 38.6 Å². The molecule has 0 unspecified atom stereocenters. The van der Waals surface area contributed by atoms with Crippen LogP contribution in [0.2, 0.25) is 0 Å². The van der Waals surface area contributed by atoms with Gasteiger partial charge in [-0.1, -0.05) is 22.0 Å². The van der Waals surface area contributed by atoms with Gasteiger partial charge in [-0.2, -0.15) is 0 Å². The highest BCUT2D eigenvalue weighted by Gasteiger charge is 2.11. The Balaban J connectivity index is 2.20. The number of aryl methyl sites for hydroxylation is 1. The third kappa shape index (κ3) is 3.27. The van der Waals surface area contributed by atoms with Crippen LogP contribution >= 0.6 is 43.2 Å². The van der Waals surface area contributed by atoms with Gasteiger partial charge in [0, 0.05) is 31.2 Å². The highest BCUT2D eigenvalue weighted by atomic mass is 79.9. The Labute approximate surface area is 121 Å². The van der Waals surface area contributed by atoms with Gasteiger partial charge in [0.25, 0.3) is 0 Å². The predicted octanol–water partition coefficient (Wildman–Crippen LogP) is 5.01. The van der Waals surface area contributed by atoms with Crippen LogP contribution in [0.5, 0.6) is 0 Å². The molecule has 0 amide bonds. The third-order valence-electron chi connectivity index (χ3n) is 2.45. The van der Waals surface area contributed by atoms with Crippen molar-refractivity contribution in [3.63, 3.8) is 0 Å². The lowest BCUT2D eigenvalue weighted by Crippen LogP contribution is -2.04. The molecule has 0 radical (unpaired) electrons. The fourth-order valence-electron chi connectivity index (χ4n) is 1.64. The van der Waals surface area contributed by atoms with E-state index < -0.39 is 0 Å². The number of rotatable bonds is 3. The Kier molecular flexibility index (Phi) is 4.17. The Bertz CT molecular complexity index is 560. The summed E-state index contributed by atoms with van der Waals surface area (Å²) >= 11 is 8.40. The molecule has 0 aliphatic rings. The molecule has 0 fully saturated rings. The summed E-state index contributed by atoms with van der Waals surface area (Å²) in [5.74, 6) is 0.171. The summed E-state index contributed by atoms with van der Waals surface area (Å²) < 4.78 is 2.04. The third-order valence-corrected chi connectivity index (χ3v) is 4.64. The molecular weight excluding hydrogens is 364 g/mol. The average Bonchev–Trinajstić information content (AvgIpc) is 2.63. The minimum atomic E-state index is 0.171. The van der Waals surface area contributed by atoms with E-state index in [2.05, 4.69) is 31.9 Å². The number of hydrogen-bond donors (Lipinski definition) is 0. The van der Waals surface area contributed by atoms with Gasteiger partial charge in [-0.15, -0.1) is 11.3 Å². The van der Waals surface area contributed by atoms with Gasteiger partial charge in [-0.25, -0.2) is 0 Å². The standard InChI is InChI=1S/C13H10Br2OS/c1-8-4-9(14)2-3-12(8)13(16)6-11-5-10(15)7-17-11/h2-5,7H,6H2,1H3. The SMILES string of the molecule is Cc1cc(Br)ccc1C(=O)Cc1cc(Br)cs1. The van der Waals surface area contributed by atoms with Gasteiger partial charge in [0.15, 0.2) is 5.78 Å². The van der Waals surface area contributed by atoms with E-state index in [1.807, 2.05) is 36.6 Å². The molecule has 1 aromatic carbocycles.